The van der Waals surface area contributed by atoms with Crippen molar-refractivity contribution in [1.82, 2.24) is 0 Å². The second kappa shape index (κ2) is 5.59. The summed E-state index contributed by atoms with van der Waals surface area (Å²) in [6, 6.07) is 11.2. The third-order valence-corrected chi connectivity index (χ3v) is 3.15. The normalized spacial score (nSPS) is 12.4. The van der Waals surface area contributed by atoms with Gasteiger partial charge in [0.1, 0.15) is 0 Å². The van der Waals surface area contributed by atoms with E-state index in [0.29, 0.717) is 0 Å². The summed E-state index contributed by atoms with van der Waals surface area (Å²) in [6.07, 6.45) is -0.824. The maximum absolute atomic E-state index is 13.5. The van der Waals surface area contributed by atoms with Crippen molar-refractivity contribution in [1.29, 1.82) is 0 Å². The molecule has 4 heteroatoms. The van der Waals surface area contributed by atoms with E-state index in [0.717, 1.165) is 16.1 Å². The maximum atomic E-state index is 13.5. The van der Waals surface area contributed by atoms with Gasteiger partial charge in [-0.3, -0.25) is 0 Å². The Morgan fingerprint density at radius 3 is 2.56 bits per heavy atom. The van der Waals surface area contributed by atoms with Crippen molar-refractivity contribution in [2.45, 2.75) is 12.5 Å². The molecule has 0 amide bonds. The van der Waals surface area contributed by atoms with Gasteiger partial charge in [0.2, 0.25) is 0 Å². The fraction of sp³-hybridized carbons (Fsp3) is 0.143. The number of hydrogen-bond acceptors (Lipinski definition) is 1. The first-order chi connectivity index (χ1) is 8.58. The lowest BCUT2D eigenvalue weighted by atomic mass is 10.0. The van der Waals surface area contributed by atoms with E-state index in [1.165, 1.54) is 12.1 Å². The van der Waals surface area contributed by atoms with E-state index >= 15 is 0 Å². The standard InChI is InChI=1S/C14H11BrF2O/c15-10-4-1-3-9(7-10)8-13(18)11-5-2-6-12(16)14(11)17/h1-7,13,18H,8H2. The van der Waals surface area contributed by atoms with Crippen molar-refractivity contribution in [3.8, 4) is 0 Å². The van der Waals surface area contributed by atoms with Crippen LogP contribution < -0.4 is 0 Å². The molecule has 2 aromatic rings. The summed E-state index contributed by atoms with van der Waals surface area (Å²) in [4.78, 5) is 0. The Labute approximate surface area is 112 Å². The van der Waals surface area contributed by atoms with E-state index in [1.807, 2.05) is 24.3 Å². The van der Waals surface area contributed by atoms with Gasteiger partial charge in [0.05, 0.1) is 6.10 Å². The minimum Gasteiger partial charge on any atom is -0.388 e. The van der Waals surface area contributed by atoms with Crippen LogP contribution in [0.3, 0.4) is 0 Å². The Hall–Kier alpha value is -1.26. The molecule has 1 atom stereocenters. The van der Waals surface area contributed by atoms with Crippen LogP contribution in [0.25, 0.3) is 0 Å². The van der Waals surface area contributed by atoms with Crippen molar-refractivity contribution in [3.63, 3.8) is 0 Å². The molecule has 2 aromatic carbocycles. The molecule has 0 aliphatic carbocycles. The zero-order valence-corrected chi connectivity index (χ0v) is 11.0. The molecule has 0 saturated heterocycles. The van der Waals surface area contributed by atoms with Crippen molar-refractivity contribution < 1.29 is 13.9 Å². The molecule has 1 unspecified atom stereocenters. The van der Waals surface area contributed by atoms with Crippen LogP contribution in [-0.4, -0.2) is 5.11 Å². The molecule has 1 N–H and O–H groups in total. The Morgan fingerprint density at radius 1 is 1.11 bits per heavy atom. The first-order valence-corrected chi connectivity index (χ1v) is 6.23. The average Bonchev–Trinajstić information content (AvgIpc) is 2.32. The van der Waals surface area contributed by atoms with Crippen molar-refractivity contribution in [2.24, 2.45) is 0 Å². The first-order valence-electron chi connectivity index (χ1n) is 5.44. The summed E-state index contributed by atoms with van der Waals surface area (Å²) in [5.74, 6) is -1.93. The summed E-state index contributed by atoms with van der Waals surface area (Å²) in [7, 11) is 0. The molecule has 0 aliphatic rings. The molecule has 0 spiro atoms. The Kier molecular flexibility index (Phi) is 4.09. The molecular weight excluding hydrogens is 302 g/mol. The summed E-state index contributed by atoms with van der Waals surface area (Å²) in [5.41, 5.74) is 0.829. The zero-order valence-electron chi connectivity index (χ0n) is 9.41. The van der Waals surface area contributed by atoms with Crippen LogP contribution in [0.15, 0.2) is 46.9 Å². The van der Waals surface area contributed by atoms with Crippen molar-refractivity contribution >= 4 is 15.9 Å². The number of rotatable bonds is 3. The SMILES string of the molecule is OC(Cc1cccc(Br)c1)c1cccc(F)c1F. The van der Waals surface area contributed by atoms with E-state index in [2.05, 4.69) is 15.9 Å². The highest BCUT2D eigenvalue weighted by molar-refractivity contribution is 9.10. The molecule has 94 valence electrons. The highest BCUT2D eigenvalue weighted by Gasteiger charge is 2.16. The second-order valence-electron chi connectivity index (χ2n) is 3.99. The fourth-order valence-corrected chi connectivity index (χ4v) is 2.22. The van der Waals surface area contributed by atoms with E-state index in [9.17, 15) is 13.9 Å². The molecule has 1 nitrogen and oxygen atoms in total. The van der Waals surface area contributed by atoms with Crippen LogP contribution in [0.5, 0.6) is 0 Å². The van der Waals surface area contributed by atoms with Crippen LogP contribution in [0, 0.1) is 11.6 Å². The van der Waals surface area contributed by atoms with E-state index in [4.69, 9.17) is 0 Å². The summed E-state index contributed by atoms with van der Waals surface area (Å²) >= 11 is 3.32. The van der Waals surface area contributed by atoms with Gasteiger partial charge in [-0.1, -0.05) is 40.2 Å². The highest BCUT2D eigenvalue weighted by atomic mass is 79.9. The van der Waals surface area contributed by atoms with Crippen LogP contribution >= 0.6 is 15.9 Å². The van der Waals surface area contributed by atoms with Crippen LogP contribution in [0.2, 0.25) is 0 Å². The summed E-state index contributed by atoms with van der Waals surface area (Å²) in [5, 5.41) is 9.95. The molecule has 0 heterocycles. The molecule has 0 saturated carbocycles. The number of aliphatic hydroxyl groups is 1. The smallest absolute Gasteiger partial charge is 0.164 e. The van der Waals surface area contributed by atoms with Gasteiger partial charge in [0.15, 0.2) is 11.6 Å². The fourth-order valence-electron chi connectivity index (χ4n) is 1.77. The van der Waals surface area contributed by atoms with Gasteiger partial charge in [0, 0.05) is 16.5 Å². The van der Waals surface area contributed by atoms with Gasteiger partial charge in [-0.2, -0.15) is 0 Å². The minimum absolute atomic E-state index is 0.0185. The van der Waals surface area contributed by atoms with E-state index < -0.39 is 17.7 Å². The molecule has 2 rings (SSSR count). The second-order valence-corrected chi connectivity index (χ2v) is 4.91. The lowest BCUT2D eigenvalue weighted by molar-refractivity contribution is 0.172. The van der Waals surface area contributed by atoms with Crippen molar-refractivity contribution in [3.05, 3.63) is 69.7 Å². The Morgan fingerprint density at radius 2 is 1.83 bits per heavy atom. The van der Waals surface area contributed by atoms with Gasteiger partial charge >= 0.3 is 0 Å². The molecule has 0 radical (unpaired) electrons. The number of aliphatic hydroxyl groups excluding tert-OH is 1. The van der Waals surface area contributed by atoms with Gasteiger partial charge in [-0.05, 0) is 23.8 Å². The van der Waals surface area contributed by atoms with Crippen molar-refractivity contribution in [2.75, 3.05) is 0 Å². The van der Waals surface area contributed by atoms with E-state index in [1.54, 1.807) is 0 Å². The van der Waals surface area contributed by atoms with Crippen LogP contribution in [-0.2, 0) is 6.42 Å². The maximum Gasteiger partial charge on any atom is 0.164 e. The molecule has 0 fully saturated rings. The number of benzene rings is 2. The van der Waals surface area contributed by atoms with E-state index in [-0.39, 0.29) is 12.0 Å². The molecular formula is C14H11BrF2O. The Balaban J connectivity index is 2.22. The molecule has 18 heavy (non-hydrogen) atoms. The topological polar surface area (TPSA) is 20.2 Å². The third-order valence-electron chi connectivity index (χ3n) is 2.66. The summed E-state index contributed by atoms with van der Waals surface area (Å²) < 4.78 is 27.4. The van der Waals surface area contributed by atoms with Gasteiger partial charge in [-0.25, -0.2) is 8.78 Å². The third kappa shape index (κ3) is 2.94. The molecule has 0 bridgehead atoms. The predicted octanol–water partition coefficient (Wildman–Crippen LogP) is 4.00. The van der Waals surface area contributed by atoms with Gasteiger partial charge in [0.25, 0.3) is 0 Å². The molecule has 0 aromatic heterocycles. The Bertz CT molecular complexity index is 557. The monoisotopic (exact) mass is 312 g/mol. The van der Waals surface area contributed by atoms with Gasteiger partial charge in [-0.15, -0.1) is 0 Å². The number of halogens is 3. The van der Waals surface area contributed by atoms with Gasteiger partial charge < -0.3 is 5.11 Å². The predicted molar refractivity (Wildman–Crippen MR) is 69.2 cm³/mol. The average molecular weight is 313 g/mol. The largest absolute Gasteiger partial charge is 0.388 e. The molecule has 0 aliphatic heterocycles. The minimum atomic E-state index is -1.06. The highest BCUT2D eigenvalue weighted by Crippen LogP contribution is 2.23. The lowest BCUT2D eigenvalue weighted by Gasteiger charge is -2.12. The first kappa shape index (κ1) is 13.2. The van der Waals surface area contributed by atoms with Crippen LogP contribution in [0.1, 0.15) is 17.2 Å². The lowest BCUT2D eigenvalue weighted by Crippen LogP contribution is -2.05. The summed E-state index contributed by atoms with van der Waals surface area (Å²) in [6.45, 7) is 0. The zero-order chi connectivity index (χ0) is 13.1. The number of hydrogen-bond donors (Lipinski definition) is 1. The quantitative estimate of drug-likeness (QED) is 0.908. The van der Waals surface area contributed by atoms with Crippen LogP contribution in [0.4, 0.5) is 8.78 Å².